The van der Waals surface area contributed by atoms with Crippen LogP contribution in [0.15, 0.2) is 57.7 Å². The van der Waals surface area contributed by atoms with Gasteiger partial charge in [-0.15, -0.1) is 0 Å². The van der Waals surface area contributed by atoms with Crippen LogP contribution in [0.3, 0.4) is 0 Å². The molecule has 2 heterocycles. The molecule has 1 aliphatic rings. The molecule has 0 saturated heterocycles. The van der Waals surface area contributed by atoms with Crippen molar-refractivity contribution in [2.45, 2.75) is 25.9 Å². The number of carbonyl (C=O) groups excluding carboxylic acids is 1. The van der Waals surface area contributed by atoms with Gasteiger partial charge in [0.15, 0.2) is 5.58 Å². The van der Waals surface area contributed by atoms with Gasteiger partial charge in [-0.05, 0) is 29.7 Å². The second kappa shape index (κ2) is 6.00. The van der Waals surface area contributed by atoms with E-state index in [4.69, 9.17) is 4.42 Å². The number of aromatic nitrogens is 1. The third-order valence-electron chi connectivity index (χ3n) is 4.61. The summed E-state index contributed by atoms with van der Waals surface area (Å²) in [6.07, 6.45) is 1.18. The molecule has 0 fully saturated rings. The van der Waals surface area contributed by atoms with E-state index in [1.54, 1.807) is 6.07 Å². The number of amides is 1. The molecule has 1 aromatic heterocycles. The fraction of sp³-hybridized carbons (Fsp3) is 0.263. The van der Waals surface area contributed by atoms with Crippen molar-refractivity contribution in [2.75, 3.05) is 6.54 Å². The molecule has 1 amide bonds. The van der Waals surface area contributed by atoms with Gasteiger partial charge in [-0.3, -0.25) is 9.36 Å². The molecule has 0 radical (unpaired) electrons. The summed E-state index contributed by atoms with van der Waals surface area (Å²) >= 11 is 0. The largest absolute Gasteiger partial charge is 0.419 e. The Kier molecular flexibility index (Phi) is 3.69. The van der Waals surface area contributed by atoms with Gasteiger partial charge in [0.1, 0.15) is 0 Å². The van der Waals surface area contributed by atoms with Gasteiger partial charge in [-0.2, -0.15) is 0 Å². The lowest BCUT2D eigenvalue weighted by atomic mass is 10.00. The first-order valence-corrected chi connectivity index (χ1v) is 8.15. The third kappa shape index (κ3) is 2.62. The van der Waals surface area contributed by atoms with Gasteiger partial charge in [0.25, 0.3) is 0 Å². The van der Waals surface area contributed by atoms with E-state index in [2.05, 4.69) is 12.1 Å². The van der Waals surface area contributed by atoms with E-state index >= 15 is 0 Å². The Morgan fingerprint density at radius 3 is 2.67 bits per heavy atom. The fourth-order valence-electron chi connectivity index (χ4n) is 3.30. The van der Waals surface area contributed by atoms with Crippen LogP contribution in [0.2, 0.25) is 0 Å². The predicted octanol–water partition coefficient (Wildman–Crippen LogP) is 2.57. The van der Waals surface area contributed by atoms with E-state index in [9.17, 15) is 9.59 Å². The normalized spacial score (nSPS) is 13.9. The molecule has 0 bridgehead atoms. The Morgan fingerprint density at radius 2 is 1.79 bits per heavy atom. The first kappa shape index (κ1) is 14.8. The summed E-state index contributed by atoms with van der Waals surface area (Å²) in [6, 6.07) is 15.5. The molecule has 5 nitrogen and oxygen atoms in total. The Labute approximate surface area is 139 Å². The molecule has 0 unspecified atom stereocenters. The molecule has 3 aromatic rings. The zero-order chi connectivity index (χ0) is 16.5. The van der Waals surface area contributed by atoms with Gasteiger partial charge in [-0.1, -0.05) is 36.4 Å². The molecular weight excluding hydrogens is 304 g/mol. The third-order valence-corrected chi connectivity index (χ3v) is 4.61. The Hall–Kier alpha value is -2.82. The molecular formula is C19H18N2O3. The van der Waals surface area contributed by atoms with Crippen LogP contribution >= 0.6 is 0 Å². The number of hydrogen-bond acceptors (Lipinski definition) is 3. The lowest BCUT2D eigenvalue weighted by Gasteiger charge is -2.29. The van der Waals surface area contributed by atoms with Crippen molar-refractivity contribution in [3.8, 4) is 0 Å². The van der Waals surface area contributed by atoms with E-state index in [0.717, 1.165) is 18.5 Å². The van der Waals surface area contributed by atoms with Crippen molar-refractivity contribution < 1.29 is 9.21 Å². The van der Waals surface area contributed by atoms with E-state index in [1.165, 1.54) is 15.7 Å². The van der Waals surface area contributed by atoms with Crippen molar-refractivity contribution >= 4 is 17.0 Å². The Bertz CT molecular complexity index is 954. The minimum atomic E-state index is -0.409. The smallest absolute Gasteiger partial charge is 0.408 e. The van der Waals surface area contributed by atoms with Crippen LogP contribution in [0.25, 0.3) is 11.1 Å². The number of rotatable bonds is 3. The SMILES string of the molecule is O=C(CCn1c(=O)oc2ccccc21)N1CCc2ccccc2C1. The average molecular weight is 322 g/mol. The lowest BCUT2D eigenvalue weighted by molar-refractivity contribution is -0.132. The highest BCUT2D eigenvalue weighted by molar-refractivity contribution is 5.77. The van der Waals surface area contributed by atoms with Crippen molar-refractivity contribution in [3.05, 3.63) is 70.2 Å². The summed E-state index contributed by atoms with van der Waals surface area (Å²) in [5, 5.41) is 0. The van der Waals surface area contributed by atoms with Gasteiger partial charge < -0.3 is 9.32 Å². The van der Waals surface area contributed by atoms with Gasteiger partial charge in [0, 0.05) is 26.1 Å². The molecule has 5 heteroatoms. The first-order chi connectivity index (χ1) is 11.7. The number of aryl methyl sites for hydroxylation is 1. The van der Waals surface area contributed by atoms with Gasteiger partial charge in [0.05, 0.1) is 5.52 Å². The lowest BCUT2D eigenvalue weighted by Crippen LogP contribution is -2.36. The van der Waals surface area contributed by atoms with Crippen molar-refractivity contribution in [2.24, 2.45) is 0 Å². The van der Waals surface area contributed by atoms with Crippen LogP contribution < -0.4 is 5.76 Å². The molecule has 122 valence electrons. The van der Waals surface area contributed by atoms with Crippen LogP contribution in [-0.4, -0.2) is 21.9 Å². The maximum absolute atomic E-state index is 12.5. The first-order valence-electron chi connectivity index (χ1n) is 8.15. The summed E-state index contributed by atoms with van der Waals surface area (Å²) in [4.78, 5) is 26.4. The summed E-state index contributed by atoms with van der Waals surface area (Å²) < 4.78 is 6.74. The highest BCUT2D eigenvalue weighted by Crippen LogP contribution is 2.19. The molecule has 0 spiro atoms. The topological polar surface area (TPSA) is 55.5 Å². The van der Waals surface area contributed by atoms with Crippen LogP contribution in [-0.2, 0) is 24.3 Å². The summed E-state index contributed by atoms with van der Waals surface area (Å²) in [7, 11) is 0. The van der Waals surface area contributed by atoms with Gasteiger partial charge in [-0.25, -0.2) is 4.79 Å². The summed E-state index contributed by atoms with van der Waals surface area (Å²) in [5.41, 5.74) is 3.82. The van der Waals surface area contributed by atoms with Crippen molar-refractivity contribution in [1.82, 2.24) is 9.47 Å². The zero-order valence-corrected chi connectivity index (χ0v) is 13.3. The fourth-order valence-corrected chi connectivity index (χ4v) is 3.30. The van der Waals surface area contributed by atoms with Crippen LogP contribution in [0.4, 0.5) is 0 Å². The summed E-state index contributed by atoms with van der Waals surface area (Å²) in [6.45, 7) is 1.72. The molecule has 0 saturated carbocycles. The average Bonchev–Trinajstić information content (AvgIpc) is 2.94. The molecule has 24 heavy (non-hydrogen) atoms. The van der Waals surface area contributed by atoms with E-state index < -0.39 is 5.76 Å². The molecule has 2 aromatic carbocycles. The minimum Gasteiger partial charge on any atom is -0.408 e. The van der Waals surface area contributed by atoms with Crippen molar-refractivity contribution in [1.29, 1.82) is 0 Å². The molecule has 4 rings (SSSR count). The number of oxazole rings is 1. The highest BCUT2D eigenvalue weighted by Gasteiger charge is 2.20. The quantitative estimate of drug-likeness (QED) is 0.745. The van der Waals surface area contributed by atoms with E-state index in [-0.39, 0.29) is 5.91 Å². The number of benzene rings is 2. The molecule has 0 N–H and O–H groups in total. The monoisotopic (exact) mass is 322 g/mol. The van der Waals surface area contributed by atoms with Crippen LogP contribution in [0.5, 0.6) is 0 Å². The minimum absolute atomic E-state index is 0.0710. The number of nitrogens with zero attached hydrogens (tertiary/aromatic N) is 2. The number of hydrogen-bond donors (Lipinski definition) is 0. The number of carbonyl (C=O) groups is 1. The second-order valence-electron chi connectivity index (χ2n) is 6.07. The van der Waals surface area contributed by atoms with Crippen molar-refractivity contribution in [3.63, 3.8) is 0 Å². The summed E-state index contributed by atoms with van der Waals surface area (Å²) in [5.74, 6) is -0.338. The van der Waals surface area contributed by atoms with E-state index in [1.807, 2.05) is 35.2 Å². The number of para-hydroxylation sites is 2. The highest BCUT2D eigenvalue weighted by atomic mass is 16.4. The molecule has 0 atom stereocenters. The van der Waals surface area contributed by atoms with Gasteiger partial charge >= 0.3 is 5.76 Å². The standard InChI is InChI=1S/C19H18N2O3/c22-18(20-11-9-14-5-1-2-6-15(14)13-20)10-12-21-16-7-3-4-8-17(16)24-19(21)23/h1-8H,9-13H2. The maximum Gasteiger partial charge on any atom is 0.419 e. The van der Waals surface area contributed by atoms with E-state index in [0.29, 0.717) is 25.1 Å². The van der Waals surface area contributed by atoms with Crippen LogP contribution in [0.1, 0.15) is 17.5 Å². The molecule has 0 aliphatic carbocycles. The maximum atomic E-state index is 12.5. The zero-order valence-electron chi connectivity index (χ0n) is 13.3. The Balaban J connectivity index is 1.47. The van der Waals surface area contributed by atoms with Gasteiger partial charge in [0.2, 0.25) is 5.91 Å². The number of fused-ring (bicyclic) bond motifs is 2. The van der Waals surface area contributed by atoms with Crippen LogP contribution in [0, 0.1) is 0 Å². The molecule has 1 aliphatic heterocycles. The predicted molar refractivity (Wildman–Crippen MR) is 90.7 cm³/mol. The Morgan fingerprint density at radius 1 is 1.04 bits per heavy atom. The second-order valence-corrected chi connectivity index (χ2v) is 6.07.